The topological polar surface area (TPSA) is 116 Å². The van der Waals surface area contributed by atoms with Crippen molar-refractivity contribution in [3.8, 4) is 0 Å². The van der Waals surface area contributed by atoms with Crippen LogP contribution in [0, 0.1) is 0 Å². The number of amides is 1. The third kappa shape index (κ3) is 8.50. The monoisotopic (exact) mass is 403 g/mol. The zero-order valence-electron chi connectivity index (χ0n) is 15.9. The molecule has 1 aliphatic rings. The number of carbonyl (C=O) groups is 2. The number of sulfonamides is 1. The van der Waals surface area contributed by atoms with Crippen molar-refractivity contribution in [2.75, 3.05) is 52.6 Å². The summed E-state index contributed by atoms with van der Waals surface area (Å²) in [4.78, 5) is 24.8. The lowest BCUT2D eigenvalue weighted by Gasteiger charge is -2.22. The predicted octanol–water partition coefficient (Wildman–Crippen LogP) is -0.600. The Kier molecular flexibility index (Phi) is 9.97. The third-order valence-electron chi connectivity index (χ3n) is 4.23. The van der Waals surface area contributed by atoms with Crippen LogP contribution in [0.4, 0.5) is 0 Å². The van der Waals surface area contributed by atoms with E-state index in [0.29, 0.717) is 13.0 Å². The zero-order valence-corrected chi connectivity index (χ0v) is 16.7. The van der Waals surface area contributed by atoms with Crippen LogP contribution >= 0.6 is 0 Å². The Morgan fingerprint density at radius 3 is 2.56 bits per heavy atom. The van der Waals surface area contributed by atoms with Gasteiger partial charge in [0, 0.05) is 46.1 Å². The molecule has 1 amide bonds. The van der Waals surface area contributed by atoms with Crippen molar-refractivity contribution >= 4 is 22.4 Å². The number of hydrogen-bond donors (Lipinski definition) is 1. The van der Waals surface area contributed by atoms with Gasteiger partial charge >= 0.3 is 0 Å². The van der Waals surface area contributed by atoms with E-state index in [2.05, 4.69) is 10.00 Å². The fourth-order valence-corrected chi connectivity index (χ4v) is 3.59. The zero-order chi connectivity index (χ0) is 20.3. The molecule has 1 saturated heterocycles. The van der Waals surface area contributed by atoms with Gasteiger partial charge in [0.2, 0.25) is 15.9 Å². The summed E-state index contributed by atoms with van der Waals surface area (Å²) in [6, 6.07) is 1.80. The second kappa shape index (κ2) is 11.7. The molecule has 0 aromatic carbocycles. The summed E-state index contributed by atoms with van der Waals surface area (Å²) in [5, 5.41) is 11.0. The van der Waals surface area contributed by atoms with Gasteiger partial charge in [-0.2, -0.15) is 5.10 Å². The highest BCUT2D eigenvalue weighted by atomic mass is 32.2. The molecule has 0 spiro atoms. The Morgan fingerprint density at radius 1 is 1.26 bits per heavy atom. The SMILES string of the molecule is CN(C)S(=O)(=O)CCCN1CCCN(C(=O)Cn2cccn2)CC1.O=CO. The first-order valence-corrected chi connectivity index (χ1v) is 10.4. The van der Waals surface area contributed by atoms with Crippen LogP contribution in [-0.2, 0) is 26.2 Å². The Balaban J connectivity index is 0.00000114. The van der Waals surface area contributed by atoms with Gasteiger partial charge in [-0.3, -0.25) is 14.3 Å². The molecular formula is C16H29N5O5S. The van der Waals surface area contributed by atoms with Crippen LogP contribution in [0.3, 0.4) is 0 Å². The molecule has 2 rings (SSSR count). The Morgan fingerprint density at radius 2 is 1.96 bits per heavy atom. The summed E-state index contributed by atoms with van der Waals surface area (Å²) in [5.41, 5.74) is 0. The molecule has 27 heavy (non-hydrogen) atoms. The molecule has 1 aromatic heterocycles. The van der Waals surface area contributed by atoms with Gasteiger partial charge in [0.05, 0.1) is 5.75 Å². The van der Waals surface area contributed by atoms with E-state index in [-0.39, 0.29) is 24.7 Å². The summed E-state index contributed by atoms with van der Waals surface area (Å²) < 4.78 is 26.5. The molecule has 0 radical (unpaired) electrons. The molecule has 1 fully saturated rings. The van der Waals surface area contributed by atoms with Gasteiger partial charge in [0.15, 0.2) is 0 Å². The van der Waals surface area contributed by atoms with Crippen molar-refractivity contribution in [1.29, 1.82) is 0 Å². The van der Waals surface area contributed by atoms with E-state index in [1.54, 1.807) is 37.2 Å². The van der Waals surface area contributed by atoms with E-state index in [4.69, 9.17) is 9.90 Å². The van der Waals surface area contributed by atoms with E-state index in [1.165, 1.54) is 4.31 Å². The molecule has 2 heterocycles. The van der Waals surface area contributed by atoms with Crippen LogP contribution in [0.1, 0.15) is 12.8 Å². The molecule has 1 aromatic rings. The number of carbonyl (C=O) groups excluding carboxylic acids is 1. The van der Waals surface area contributed by atoms with Crippen LogP contribution in [0.15, 0.2) is 18.5 Å². The average molecular weight is 404 g/mol. The first kappa shape index (κ1) is 23.1. The smallest absolute Gasteiger partial charge is 0.290 e. The highest BCUT2D eigenvalue weighted by molar-refractivity contribution is 7.89. The van der Waals surface area contributed by atoms with Crippen molar-refractivity contribution in [2.45, 2.75) is 19.4 Å². The fourth-order valence-electron chi connectivity index (χ4n) is 2.73. The lowest BCUT2D eigenvalue weighted by atomic mass is 10.3. The van der Waals surface area contributed by atoms with Gasteiger partial charge in [0.1, 0.15) is 6.54 Å². The van der Waals surface area contributed by atoms with Gasteiger partial charge in [-0.15, -0.1) is 0 Å². The largest absolute Gasteiger partial charge is 0.483 e. The number of hydrogen-bond acceptors (Lipinski definition) is 6. The van der Waals surface area contributed by atoms with Crippen molar-refractivity contribution in [3.63, 3.8) is 0 Å². The molecular weight excluding hydrogens is 374 g/mol. The lowest BCUT2D eigenvalue weighted by molar-refractivity contribution is -0.132. The minimum Gasteiger partial charge on any atom is -0.483 e. The minimum absolute atomic E-state index is 0.0794. The standard InChI is InChI=1S/C15H27N5O3S.CH2O2/c1-17(2)24(22,23)13-5-8-18-7-4-9-19(12-11-18)15(21)14-20-10-3-6-16-20;2-1-3/h3,6,10H,4-5,7-9,11-14H2,1-2H3;1H,(H,2,3). The number of rotatable bonds is 7. The Bertz CT molecular complexity index is 663. The Labute approximate surface area is 160 Å². The van der Waals surface area contributed by atoms with Gasteiger partial charge in [0.25, 0.3) is 6.47 Å². The maximum absolute atomic E-state index is 12.3. The highest BCUT2D eigenvalue weighted by Gasteiger charge is 2.20. The predicted molar refractivity (Wildman–Crippen MR) is 101 cm³/mol. The number of nitrogens with zero attached hydrogens (tertiary/aromatic N) is 5. The maximum atomic E-state index is 12.3. The molecule has 10 nitrogen and oxygen atoms in total. The third-order valence-corrected chi connectivity index (χ3v) is 6.15. The van der Waals surface area contributed by atoms with Crippen molar-refractivity contribution in [2.24, 2.45) is 0 Å². The molecule has 154 valence electrons. The average Bonchev–Trinajstić information content (AvgIpc) is 2.99. The quantitative estimate of drug-likeness (QED) is 0.604. The highest BCUT2D eigenvalue weighted by Crippen LogP contribution is 2.06. The molecule has 11 heteroatoms. The normalized spacial score (nSPS) is 15.7. The lowest BCUT2D eigenvalue weighted by Crippen LogP contribution is -2.37. The van der Waals surface area contributed by atoms with Crippen LogP contribution in [-0.4, -0.2) is 102 Å². The molecule has 1 aliphatic heterocycles. The molecule has 0 atom stereocenters. The second-order valence-corrected chi connectivity index (χ2v) is 8.64. The minimum atomic E-state index is -3.13. The van der Waals surface area contributed by atoms with Crippen LogP contribution in [0.25, 0.3) is 0 Å². The molecule has 0 unspecified atom stereocenters. The number of carboxylic acid groups (broad SMARTS) is 1. The van der Waals surface area contributed by atoms with Crippen molar-refractivity contribution < 1.29 is 23.1 Å². The summed E-state index contributed by atoms with van der Waals surface area (Å²) >= 11 is 0. The van der Waals surface area contributed by atoms with E-state index >= 15 is 0 Å². The van der Waals surface area contributed by atoms with Crippen molar-refractivity contribution in [1.82, 2.24) is 23.9 Å². The summed E-state index contributed by atoms with van der Waals surface area (Å²) in [6.07, 6.45) is 4.97. The van der Waals surface area contributed by atoms with Gasteiger partial charge in [-0.25, -0.2) is 12.7 Å². The van der Waals surface area contributed by atoms with E-state index in [0.717, 1.165) is 32.6 Å². The van der Waals surface area contributed by atoms with Crippen LogP contribution in [0.5, 0.6) is 0 Å². The summed E-state index contributed by atoms with van der Waals surface area (Å²) in [6.45, 7) is 3.87. The summed E-state index contributed by atoms with van der Waals surface area (Å²) in [7, 11) is -0.00920. The number of aromatic nitrogens is 2. The van der Waals surface area contributed by atoms with Crippen LogP contribution < -0.4 is 0 Å². The molecule has 0 bridgehead atoms. The Hall–Kier alpha value is -1.98. The fraction of sp³-hybridized carbons (Fsp3) is 0.688. The first-order valence-electron chi connectivity index (χ1n) is 8.75. The van der Waals surface area contributed by atoms with E-state index < -0.39 is 10.0 Å². The van der Waals surface area contributed by atoms with E-state index in [9.17, 15) is 13.2 Å². The van der Waals surface area contributed by atoms with Crippen LogP contribution in [0.2, 0.25) is 0 Å². The molecule has 0 aliphatic carbocycles. The van der Waals surface area contributed by atoms with Crippen molar-refractivity contribution in [3.05, 3.63) is 18.5 Å². The molecule has 1 N–H and O–H groups in total. The van der Waals surface area contributed by atoms with Gasteiger partial charge in [-0.05, 0) is 32.0 Å². The van der Waals surface area contributed by atoms with Gasteiger partial charge in [-0.1, -0.05) is 0 Å². The maximum Gasteiger partial charge on any atom is 0.290 e. The summed E-state index contributed by atoms with van der Waals surface area (Å²) in [5.74, 6) is 0.245. The molecule has 0 saturated carbocycles. The second-order valence-electron chi connectivity index (χ2n) is 6.34. The van der Waals surface area contributed by atoms with Gasteiger partial charge < -0.3 is 14.9 Å². The first-order chi connectivity index (χ1) is 12.8. The van der Waals surface area contributed by atoms with E-state index in [1.807, 2.05) is 4.90 Å².